The van der Waals surface area contributed by atoms with Crippen LogP contribution in [0.1, 0.15) is 24.8 Å². The minimum absolute atomic E-state index is 0.0787. The van der Waals surface area contributed by atoms with Crippen molar-refractivity contribution in [2.24, 2.45) is 0 Å². The van der Waals surface area contributed by atoms with Gasteiger partial charge in [0.2, 0.25) is 5.91 Å². The fourth-order valence-electron chi connectivity index (χ4n) is 3.44. The molecule has 5 nitrogen and oxygen atoms in total. The van der Waals surface area contributed by atoms with Crippen molar-refractivity contribution in [3.63, 3.8) is 0 Å². The predicted molar refractivity (Wildman–Crippen MR) is 81.8 cm³/mol. The van der Waals surface area contributed by atoms with Crippen molar-refractivity contribution in [1.29, 1.82) is 0 Å². The maximum Gasteiger partial charge on any atom is 0.227 e. The third-order valence-corrected chi connectivity index (χ3v) is 4.71. The Balaban J connectivity index is 1.67. The topological polar surface area (TPSA) is 59.0 Å². The third-order valence-electron chi connectivity index (χ3n) is 4.71. The lowest BCUT2D eigenvalue weighted by atomic mass is 9.87. The molecule has 5 heteroatoms. The van der Waals surface area contributed by atoms with E-state index in [4.69, 9.17) is 9.47 Å². The second-order valence-corrected chi connectivity index (χ2v) is 6.16. The van der Waals surface area contributed by atoms with Gasteiger partial charge in [0, 0.05) is 13.2 Å². The molecular weight excluding hydrogens is 282 g/mol. The largest absolute Gasteiger partial charge is 0.497 e. The molecule has 2 fully saturated rings. The summed E-state index contributed by atoms with van der Waals surface area (Å²) in [5.74, 6) is 0.838. The molecule has 2 atom stereocenters. The lowest BCUT2D eigenvalue weighted by molar-refractivity contribution is -0.154. The lowest BCUT2D eigenvalue weighted by Gasteiger charge is -2.43. The summed E-state index contributed by atoms with van der Waals surface area (Å²) in [6.45, 7) is 1.76. The van der Waals surface area contributed by atoms with Crippen LogP contribution in [0.25, 0.3) is 0 Å². The SMILES string of the molecule is COc1cccc(CC(=O)N2CC[C@H](O)[C@]3(CCCO3)C2)c1. The van der Waals surface area contributed by atoms with E-state index in [1.54, 1.807) is 7.11 Å². The van der Waals surface area contributed by atoms with Gasteiger partial charge in [0.1, 0.15) is 11.4 Å². The molecule has 0 bridgehead atoms. The van der Waals surface area contributed by atoms with Crippen LogP contribution in [0, 0.1) is 0 Å². The molecular formula is C17H23NO4. The fraction of sp³-hybridized carbons (Fsp3) is 0.588. The molecule has 2 saturated heterocycles. The maximum absolute atomic E-state index is 12.6. The average molecular weight is 305 g/mol. The second-order valence-electron chi connectivity index (χ2n) is 6.16. The Morgan fingerprint density at radius 2 is 2.41 bits per heavy atom. The molecule has 1 aromatic carbocycles. The van der Waals surface area contributed by atoms with E-state index in [1.165, 1.54) is 0 Å². The predicted octanol–water partition coefficient (Wildman–Crippen LogP) is 1.38. The molecule has 1 spiro atoms. The quantitative estimate of drug-likeness (QED) is 0.916. The summed E-state index contributed by atoms with van der Waals surface area (Å²) in [5.41, 5.74) is 0.402. The van der Waals surface area contributed by atoms with Gasteiger partial charge in [-0.05, 0) is 37.0 Å². The van der Waals surface area contributed by atoms with Crippen molar-refractivity contribution in [3.05, 3.63) is 29.8 Å². The maximum atomic E-state index is 12.6. The van der Waals surface area contributed by atoms with Crippen LogP contribution in [0.2, 0.25) is 0 Å². The molecule has 0 unspecified atom stereocenters. The van der Waals surface area contributed by atoms with Crippen LogP contribution in [0.15, 0.2) is 24.3 Å². The Kier molecular flexibility index (Phi) is 4.36. The van der Waals surface area contributed by atoms with Crippen molar-refractivity contribution in [2.45, 2.75) is 37.4 Å². The van der Waals surface area contributed by atoms with E-state index < -0.39 is 11.7 Å². The van der Waals surface area contributed by atoms with Gasteiger partial charge in [0.05, 0.1) is 26.2 Å². The van der Waals surface area contributed by atoms with Gasteiger partial charge >= 0.3 is 0 Å². The summed E-state index contributed by atoms with van der Waals surface area (Å²) in [4.78, 5) is 14.4. The third kappa shape index (κ3) is 2.96. The van der Waals surface area contributed by atoms with E-state index >= 15 is 0 Å². The van der Waals surface area contributed by atoms with E-state index in [9.17, 15) is 9.90 Å². The van der Waals surface area contributed by atoms with E-state index in [2.05, 4.69) is 0 Å². The molecule has 0 aromatic heterocycles. The van der Waals surface area contributed by atoms with Gasteiger partial charge in [-0.15, -0.1) is 0 Å². The van der Waals surface area contributed by atoms with E-state index in [0.717, 1.165) is 24.2 Å². The van der Waals surface area contributed by atoms with Gasteiger partial charge < -0.3 is 19.5 Å². The van der Waals surface area contributed by atoms with Gasteiger partial charge in [0.25, 0.3) is 0 Å². The van der Waals surface area contributed by atoms with E-state index in [-0.39, 0.29) is 5.91 Å². The molecule has 1 amide bonds. The number of carbonyl (C=O) groups is 1. The van der Waals surface area contributed by atoms with E-state index in [1.807, 2.05) is 29.2 Å². The van der Waals surface area contributed by atoms with Gasteiger partial charge in [-0.2, -0.15) is 0 Å². The minimum Gasteiger partial charge on any atom is -0.497 e. The van der Waals surface area contributed by atoms with Crippen LogP contribution in [0.4, 0.5) is 0 Å². The van der Waals surface area contributed by atoms with Crippen LogP contribution >= 0.6 is 0 Å². The first-order valence-electron chi connectivity index (χ1n) is 7.86. The summed E-state index contributed by atoms with van der Waals surface area (Å²) in [5, 5.41) is 10.2. The minimum atomic E-state index is -0.539. The number of hydrogen-bond donors (Lipinski definition) is 1. The normalized spacial score (nSPS) is 28.1. The van der Waals surface area contributed by atoms with Crippen molar-refractivity contribution in [2.75, 3.05) is 26.8 Å². The Morgan fingerprint density at radius 1 is 1.55 bits per heavy atom. The van der Waals surface area contributed by atoms with Crippen LogP contribution in [0.3, 0.4) is 0 Å². The van der Waals surface area contributed by atoms with Crippen LogP contribution < -0.4 is 4.74 Å². The lowest BCUT2D eigenvalue weighted by Crippen LogP contribution is -2.58. The van der Waals surface area contributed by atoms with Crippen molar-refractivity contribution in [1.82, 2.24) is 4.90 Å². The van der Waals surface area contributed by atoms with Crippen LogP contribution in [-0.2, 0) is 16.0 Å². The summed E-state index contributed by atoms with van der Waals surface area (Å²) < 4.78 is 11.0. The van der Waals surface area contributed by atoms with Gasteiger partial charge in [-0.1, -0.05) is 12.1 Å². The van der Waals surface area contributed by atoms with Gasteiger partial charge in [0.15, 0.2) is 0 Å². The molecule has 0 aliphatic carbocycles. The molecule has 22 heavy (non-hydrogen) atoms. The number of methoxy groups -OCH3 is 1. The molecule has 1 N–H and O–H groups in total. The highest BCUT2D eigenvalue weighted by Crippen LogP contribution is 2.35. The Hall–Kier alpha value is -1.59. The number of amides is 1. The van der Waals surface area contributed by atoms with E-state index in [0.29, 0.717) is 32.5 Å². The standard InChI is InChI=1S/C17H23NO4/c1-21-14-5-2-4-13(10-14)11-16(20)18-8-6-15(19)17(12-18)7-3-9-22-17/h2,4-5,10,15,19H,3,6-9,11-12H2,1H3/t15-,17-/m0/s1. The van der Waals surface area contributed by atoms with Gasteiger partial charge in [-0.3, -0.25) is 4.79 Å². The van der Waals surface area contributed by atoms with Crippen LogP contribution in [0.5, 0.6) is 5.75 Å². The monoisotopic (exact) mass is 305 g/mol. The summed E-state index contributed by atoms with van der Waals surface area (Å²) >= 11 is 0. The Bertz CT molecular complexity index is 539. The van der Waals surface area contributed by atoms with Crippen molar-refractivity contribution >= 4 is 5.91 Å². The number of carbonyl (C=O) groups excluding carboxylic acids is 1. The molecule has 1 aromatic rings. The molecule has 0 radical (unpaired) electrons. The smallest absolute Gasteiger partial charge is 0.227 e. The molecule has 3 rings (SSSR count). The first kappa shape index (κ1) is 15.3. The van der Waals surface area contributed by atoms with Crippen LogP contribution in [-0.4, -0.2) is 54.4 Å². The molecule has 2 aliphatic rings. The average Bonchev–Trinajstić information content (AvgIpc) is 2.99. The molecule has 120 valence electrons. The van der Waals surface area contributed by atoms with Crippen molar-refractivity contribution < 1.29 is 19.4 Å². The number of nitrogens with zero attached hydrogens (tertiary/aromatic N) is 1. The number of hydrogen-bond acceptors (Lipinski definition) is 4. The zero-order chi connectivity index (χ0) is 15.6. The summed E-state index contributed by atoms with van der Waals surface area (Å²) in [6.07, 6.45) is 2.26. The first-order chi connectivity index (χ1) is 10.6. The number of likely N-dealkylation sites (tertiary alicyclic amines) is 1. The number of aliphatic hydroxyl groups excluding tert-OH is 1. The second kappa shape index (κ2) is 6.26. The number of piperidine rings is 1. The highest BCUT2D eigenvalue weighted by atomic mass is 16.5. The highest BCUT2D eigenvalue weighted by molar-refractivity contribution is 5.79. The first-order valence-corrected chi connectivity index (χ1v) is 7.86. The molecule has 2 heterocycles. The zero-order valence-electron chi connectivity index (χ0n) is 13.0. The highest BCUT2D eigenvalue weighted by Gasteiger charge is 2.47. The molecule has 0 saturated carbocycles. The van der Waals surface area contributed by atoms with Crippen molar-refractivity contribution in [3.8, 4) is 5.75 Å². The Labute approximate surface area is 130 Å². The number of rotatable bonds is 3. The summed E-state index contributed by atoms with van der Waals surface area (Å²) in [7, 11) is 1.62. The number of aliphatic hydroxyl groups is 1. The zero-order valence-corrected chi connectivity index (χ0v) is 13.0. The number of ether oxygens (including phenoxy) is 2. The van der Waals surface area contributed by atoms with Gasteiger partial charge in [-0.25, -0.2) is 0 Å². The Morgan fingerprint density at radius 3 is 3.14 bits per heavy atom. The fourth-order valence-corrected chi connectivity index (χ4v) is 3.44. The number of benzene rings is 1. The summed E-state index contributed by atoms with van der Waals surface area (Å²) in [6, 6.07) is 7.58. The molecule has 2 aliphatic heterocycles.